The van der Waals surface area contributed by atoms with Gasteiger partial charge in [-0.2, -0.15) is 0 Å². The van der Waals surface area contributed by atoms with Crippen LogP contribution in [0, 0.1) is 6.92 Å². The van der Waals surface area contributed by atoms with E-state index in [2.05, 4.69) is 4.98 Å². The summed E-state index contributed by atoms with van der Waals surface area (Å²) in [6, 6.07) is 0. The zero-order valence-corrected chi connectivity index (χ0v) is 9.21. The lowest BCUT2D eigenvalue weighted by atomic mass is 10.2. The number of hydrogen-bond donors (Lipinski definition) is 2. The fraction of sp³-hybridized carbons (Fsp3) is 0.273. The number of aromatic nitrogens is 2. The van der Waals surface area contributed by atoms with Gasteiger partial charge in [0.05, 0.1) is 12.9 Å². The number of hydrogen-bond acceptors (Lipinski definition) is 4. The summed E-state index contributed by atoms with van der Waals surface area (Å²) < 4.78 is 6.55. The summed E-state index contributed by atoms with van der Waals surface area (Å²) in [6.45, 7) is 1.49. The zero-order valence-electron chi connectivity index (χ0n) is 9.21. The van der Waals surface area contributed by atoms with Gasteiger partial charge >= 0.3 is 5.69 Å². The first-order chi connectivity index (χ1) is 8.11. The van der Waals surface area contributed by atoms with Crippen molar-refractivity contribution >= 4 is 0 Å². The Morgan fingerprint density at radius 2 is 2.29 bits per heavy atom. The molecule has 1 aromatic rings. The van der Waals surface area contributed by atoms with Crippen molar-refractivity contribution in [3.63, 3.8) is 0 Å². The standard InChI is InChI=1S/C11H12N2O4/c1-7-4-13(11(16)12-10(7)15)9-3-2-8(5-14)6-17-9/h2-4,6,9,14H,5H2,1H3,(H,12,15,16). The number of aliphatic hydroxyl groups is 1. The minimum atomic E-state index is -0.603. The van der Waals surface area contributed by atoms with Crippen LogP contribution >= 0.6 is 0 Å². The Labute approximate surface area is 96.5 Å². The van der Waals surface area contributed by atoms with Gasteiger partial charge in [0.1, 0.15) is 0 Å². The molecule has 1 aliphatic rings. The Hall–Kier alpha value is -2.08. The number of ether oxygens (including phenoxy) is 1. The highest BCUT2D eigenvalue weighted by molar-refractivity contribution is 5.20. The predicted octanol–water partition coefficient (Wildman–Crippen LogP) is -0.194. The third-order valence-corrected chi connectivity index (χ3v) is 2.44. The van der Waals surface area contributed by atoms with E-state index in [-0.39, 0.29) is 6.61 Å². The van der Waals surface area contributed by atoms with Crippen LogP contribution in [0.15, 0.2) is 39.8 Å². The largest absolute Gasteiger partial charge is 0.474 e. The van der Waals surface area contributed by atoms with Crippen molar-refractivity contribution in [2.24, 2.45) is 0 Å². The van der Waals surface area contributed by atoms with Crippen LogP contribution in [-0.4, -0.2) is 21.3 Å². The quantitative estimate of drug-likeness (QED) is 0.745. The highest BCUT2D eigenvalue weighted by atomic mass is 16.5. The van der Waals surface area contributed by atoms with Gasteiger partial charge < -0.3 is 9.84 Å². The number of aromatic amines is 1. The Morgan fingerprint density at radius 1 is 1.53 bits per heavy atom. The lowest BCUT2D eigenvalue weighted by Crippen LogP contribution is -2.33. The minimum Gasteiger partial charge on any atom is -0.474 e. The van der Waals surface area contributed by atoms with Crippen molar-refractivity contribution < 1.29 is 9.84 Å². The van der Waals surface area contributed by atoms with Crippen molar-refractivity contribution in [3.8, 4) is 0 Å². The van der Waals surface area contributed by atoms with Crippen LogP contribution in [0.25, 0.3) is 0 Å². The van der Waals surface area contributed by atoms with Gasteiger partial charge in [-0.05, 0) is 13.0 Å². The normalized spacial score (nSPS) is 18.7. The summed E-state index contributed by atoms with van der Waals surface area (Å²) in [4.78, 5) is 25.0. The lowest BCUT2D eigenvalue weighted by Gasteiger charge is -2.19. The zero-order chi connectivity index (χ0) is 12.4. The van der Waals surface area contributed by atoms with E-state index in [0.717, 1.165) is 0 Å². The Kier molecular flexibility index (Phi) is 2.97. The molecule has 2 heterocycles. The predicted molar refractivity (Wildman–Crippen MR) is 60.5 cm³/mol. The molecule has 0 amide bonds. The van der Waals surface area contributed by atoms with E-state index in [1.165, 1.54) is 17.0 Å². The van der Waals surface area contributed by atoms with Crippen LogP contribution in [0.3, 0.4) is 0 Å². The second-order valence-corrected chi connectivity index (χ2v) is 3.72. The Morgan fingerprint density at radius 3 is 2.88 bits per heavy atom. The van der Waals surface area contributed by atoms with Crippen molar-refractivity contribution in [1.82, 2.24) is 9.55 Å². The van der Waals surface area contributed by atoms with Gasteiger partial charge in [-0.3, -0.25) is 14.3 Å². The molecule has 2 rings (SSSR count). The lowest BCUT2D eigenvalue weighted by molar-refractivity contribution is 0.112. The minimum absolute atomic E-state index is 0.122. The molecule has 6 nitrogen and oxygen atoms in total. The highest BCUT2D eigenvalue weighted by Gasteiger charge is 2.13. The first-order valence-corrected chi connectivity index (χ1v) is 5.07. The molecular weight excluding hydrogens is 224 g/mol. The average molecular weight is 236 g/mol. The number of aryl methyl sites for hydroxylation is 1. The summed E-state index contributed by atoms with van der Waals surface area (Å²) in [6.07, 6.45) is 5.52. The molecule has 0 spiro atoms. The molecule has 0 saturated carbocycles. The van der Waals surface area contributed by atoms with Gasteiger partial charge in [-0.15, -0.1) is 0 Å². The number of H-pyrrole nitrogens is 1. The first-order valence-electron chi connectivity index (χ1n) is 5.07. The third-order valence-electron chi connectivity index (χ3n) is 2.44. The van der Waals surface area contributed by atoms with E-state index in [4.69, 9.17) is 9.84 Å². The first kappa shape index (κ1) is 11.4. The topological polar surface area (TPSA) is 84.3 Å². The molecule has 0 radical (unpaired) electrons. The maximum absolute atomic E-state index is 11.6. The van der Waals surface area contributed by atoms with Gasteiger partial charge in [0, 0.05) is 17.3 Å². The second-order valence-electron chi connectivity index (χ2n) is 3.72. The van der Waals surface area contributed by atoms with Crippen molar-refractivity contribution in [2.45, 2.75) is 13.2 Å². The van der Waals surface area contributed by atoms with Gasteiger partial charge in [0.2, 0.25) is 0 Å². The van der Waals surface area contributed by atoms with E-state index < -0.39 is 17.5 Å². The summed E-state index contributed by atoms with van der Waals surface area (Å²) in [5.74, 6) is 0. The molecule has 17 heavy (non-hydrogen) atoms. The number of rotatable bonds is 2. The van der Waals surface area contributed by atoms with Crippen molar-refractivity contribution in [2.75, 3.05) is 6.61 Å². The molecule has 0 aliphatic carbocycles. The van der Waals surface area contributed by atoms with E-state index in [9.17, 15) is 9.59 Å². The maximum atomic E-state index is 11.6. The molecule has 1 aromatic heterocycles. The molecular formula is C11H12N2O4. The molecule has 0 aromatic carbocycles. The van der Waals surface area contributed by atoms with Crippen LogP contribution in [0.5, 0.6) is 0 Å². The second kappa shape index (κ2) is 4.42. The Balaban J connectivity index is 2.35. The van der Waals surface area contributed by atoms with Gasteiger partial charge in [-0.25, -0.2) is 4.79 Å². The summed E-state index contributed by atoms with van der Waals surface area (Å²) in [5, 5.41) is 8.87. The molecule has 0 fully saturated rings. The third kappa shape index (κ3) is 2.21. The van der Waals surface area contributed by atoms with Crippen LogP contribution in [0.4, 0.5) is 0 Å². The van der Waals surface area contributed by atoms with Gasteiger partial charge in [0.15, 0.2) is 6.23 Å². The SMILES string of the molecule is Cc1cn(C2C=CC(CO)=CO2)c(=O)[nH]c1=O. The van der Waals surface area contributed by atoms with E-state index in [1.54, 1.807) is 19.1 Å². The molecule has 2 N–H and O–H groups in total. The number of nitrogens with zero attached hydrogens (tertiary/aromatic N) is 1. The van der Waals surface area contributed by atoms with Crippen LogP contribution < -0.4 is 11.2 Å². The fourth-order valence-corrected chi connectivity index (χ4v) is 1.47. The smallest absolute Gasteiger partial charge is 0.331 e. The highest BCUT2D eigenvalue weighted by Crippen LogP contribution is 2.16. The molecule has 90 valence electrons. The van der Waals surface area contributed by atoms with Crippen LogP contribution in [0.1, 0.15) is 11.8 Å². The maximum Gasteiger partial charge on any atom is 0.331 e. The Bertz CT molecular complexity index is 594. The summed E-state index contributed by atoms with van der Waals surface area (Å²) in [7, 11) is 0. The fourth-order valence-electron chi connectivity index (χ4n) is 1.47. The van der Waals surface area contributed by atoms with Crippen molar-refractivity contribution in [3.05, 3.63) is 56.6 Å². The molecule has 6 heteroatoms. The van der Waals surface area contributed by atoms with Gasteiger partial charge in [0.25, 0.3) is 5.56 Å². The van der Waals surface area contributed by atoms with E-state index in [1.807, 2.05) is 0 Å². The van der Waals surface area contributed by atoms with Crippen molar-refractivity contribution in [1.29, 1.82) is 0 Å². The van der Waals surface area contributed by atoms with Crippen LogP contribution in [0.2, 0.25) is 0 Å². The monoisotopic (exact) mass is 236 g/mol. The van der Waals surface area contributed by atoms with E-state index in [0.29, 0.717) is 11.1 Å². The van der Waals surface area contributed by atoms with Crippen LogP contribution in [-0.2, 0) is 4.74 Å². The average Bonchev–Trinajstić information content (AvgIpc) is 2.34. The molecule has 1 atom stereocenters. The summed E-state index contributed by atoms with van der Waals surface area (Å²) >= 11 is 0. The summed E-state index contributed by atoms with van der Waals surface area (Å²) in [5.41, 5.74) is 0.114. The van der Waals surface area contributed by atoms with Gasteiger partial charge in [-0.1, -0.05) is 6.08 Å². The van der Waals surface area contributed by atoms with E-state index >= 15 is 0 Å². The molecule has 0 bridgehead atoms. The number of nitrogens with one attached hydrogen (secondary N) is 1. The molecule has 0 saturated heterocycles. The number of aliphatic hydroxyl groups excluding tert-OH is 1. The molecule has 1 unspecified atom stereocenters. The molecule has 1 aliphatic heterocycles.